The van der Waals surface area contributed by atoms with Crippen molar-refractivity contribution in [3.8, 4) is 0 Å². The van der Waals surface area contributed by atoms with Crippen LogP contribution in [0.5, 0.6) is 0 Å². The van der Waals surface area contributed by atoms with Crippen molar-refractivity contribution in [2.45, 2.75) is 0 Å². The van der Waals surface area contributed by atoms with Gasteiger partial charge in [0.25, 0.3) is 0 Å². The van der Waals surface area contributed by atoms with Gasteiger partial charge in [0.1, 0.15) is 0 Å². The minimum Gasteiger partial charge on any atom is -0.275 e. The lowest BCUT2D eigenvalue weighted by Crippen LogP contribution is -1.92. The maximum absolute atomic E-state index is 6.02. The molecule has 0 saturated heterocycles. The lowest BCUT2D eigenvalue weighted by atomic mass is 10.2. The third-order valence-corrected chi connectivity index (χ3v) is 3.30. The first-order valence-electron chi connectivity index (χ1n) is 5.25. The number of hydrogen-bond donors (Lipinski definition) is 1. The predicted octanol–water partition coefficient (Wildman–Crippen LogP) is 5.75. The first-order chi connectivity index (χ1) is 9.06. The number of nitrogens with zero attached hydrogens (tertiary/aromatic N) is 1. The summed E-state index contributed by atoms with van der Waals surface area (Å²) in [5, 5.41) is 5.98. The molecule has 0 aliphatic heterocycles. The topological polar surface area (TPSA) is 24.4 Å². The Labute approximate surface area is 130 Å². The Hall–Kier alpha value is -0.930. The Morgan fingerprint density at radius 2 is 1.58 bits per heavy atom. The van der Waals surface area contributed by atoms with E-state index in [1.54, 1.807) is 30.5 Å². The molecule has 0 spiro atoms. The van der Waals surface area contributed by atoms with Crippen LogP contribution in [0.15, 0.2) is 41.5 Å². The van der Waals surface area contributed by atoms with Gasteiger partial charge in [-0.05, 0) is 29.8 Å². The van der Waals surface area contributed by atoms with E-state index in [0.717, 1.165) is 5.56 Å². The molecule has 2 rings (SSSR count). The molecule has 0 heterocycles. The molecule has 0 aliphatic carbocycles. The second kappa shape index (κ2) is 6.49. The van der Waals surface area contributed by atoms with Crippen LogP contribution < -0.4 is 5.43 Å². The second-order valence-electron chi connectivity index (χ2n) is 3.67. The largest absolute Gasteiger partial charge is 0.275 e. The van der Waals surface area contributed by atoms with Crippen molar-refractivity contribution in [1.82, 2.24) is 0 Å². The normalized spacial score (nSPS) is 10.9. The van der Waals surface area contributed by atoms with Crippen LogP contribution in [0.2, 0.25) is 20.1 Å². The van der Waals surface area contributed by atoms with E-state index >= 15 is 0 Å². The third kappa shape index (κ3) is 4.02. The second-order valence-corrected chi connectivity index (χ2v) is 5.36. The van der Waals surface area contributed by atoms with E-state index in [1.165, 1.54) is 0 Å². The van der Waals surface area contributed by atoms with E-state index in [0.29, 0.717) is 25.8 Å². The molecule has 19 heavy (non-hydrogen) atoms. The van der Waals surface area contributed by atoms with Gasteiger partial charge in [-0.25, -0.2) is 0 Å². The van der Waals surface area contributed by atoms with Crippen LogP contribution in [0.1, 0.15) is 5.56 Å². The van der Waals surface area contributed by atoms with Gasteiger partial charge in [0, 0.05) is 10.0 Å². The molecule has 98 valence electrons. The van der Waals surface area contributed by atoms with Crippen molar-refractivity contribution in [2.24, 2.45) is 5.10 Å². The molecule has 0 bridgehead atoms. The molecular weight excluding hydrogens is 326 g/mol. The molecule has 0 aliphatic rings. The van der Waals surface area contributed by atoms with E-state index < -0.39 is 0 Å². The van der Waals surface area contributed by atoms with E-state index in [2.05, 4.69) is 10.5 Å². The number of hydrazone groups is 1. The van der Waals surface area contributed by atoms with Gasteiger partial charge in [-0.1, -0.05) is 58.5 Å². The SMILES string of the molecule is Clc1cccc(/C=N/Nc2c(Cl)cc(Cl)cc2Cl)c1. The van der Waals surface area contributed by atoms with Gasteiger partial charge in [-0.2, -0.15) is 5.10 Å². The molecular formula is C13H8Cl4N2. The molecule has 0 saturated carbocycles. The smallest absolute Gasteiger partial charge is 0.0935 e. The Morgan fingerprint density at radius 1 is 0.895 bits per heavy atom. The maximum atomic E-state index is 6.02. The quantitative estimate of drug-likeness (QED) is 0.561. The van der Waals surface area contributed by atoms with E-state index in [1.807, 2.05) is 12.1 Å². The molecule has 0 amide bonds. The average molecular weight is 334 g/mol. The van der Waals surface area contributed by atoms with Crippen LogP contribution in [-0.4, -0.2) is 6.21 Å². The molecule has 2 aromatic rings. The molecule has 2 aromatic carbocycles. The number of rotatable bonds is 3. The molecule has 6 heteroatoms. The van der Waals surface area contributed by atoms with Crippen LogP contribution in [-0.2, 0) is 0 Å². The highest BCUT2D eigenvalue weighted by molar-refractivity contribution is 6.41. The first-order valence-corrected chi connectivity index (χ1v) is 6.76. The summed E-state index contributed by atoms with van der Waals surface area (Å²) in [7, 11) is 0. The van der Waals surface area contributed by atoms with Crippen molar-refractivity contribution >= 4 is 58.3 Å². The molecule has 0 fully saturated rings. The van der Waals surface area contributed by atoms with Crippen LogP contribution in [0, 0.1) is 0 Å². The Bertz CT molecular complexity index is 603. The summed E-state index contributed by atoms with van der Waals surface area (Å²) in [6.45, 7) is 0. The van der Waals surface area contributed by atoms with Crippen molar-refractivity contribution < 1.29 is 0 Å². The van der Waals surface area contributed by atoms with Crippen LogP contribution in [0.3, 0.4) is 0 Å². The fraction of sp³-hybridized carbons (Fsp3) is 0. The highest BCUT2D eigenvalue weighted by Crippen LogP contribution is 2.33. The van der Waals surface area contributed by atoms with Crippen LogP contribution >= 0.6 is 46.4 Å². The summed E-state index contributed by atoms with van der Waals surface area (Å²) in [5.41, 5.74) is 4.15. The summed E-state index contributed by atoms with van der Waals surface area (Å²) >= 11 is 23.7. The minimum absolute atomic E-state index is 0.403. The van der Waals surface area contributed by atoms with Gasteiger partial charge in [0.15, 0.2) is 0 Å². The zero-order chi connectivity index (χ0) is 13.8. The van der Waals surface area contributed by atoms with Crippen molar-refractivity contribution in [3.05, 3.63) is 62.1 Å². The lowest BCUT2D eigenvalue weighted by Gasteiger charge is -2.06. The van der Waals surface area contributed by atoms with Crippen molar-refractivity contribution in [3.63, 3.8) is 0 Å². The highest BCUT2D eigenvalue weighted by Gasteiger charge is 2.06. The molecule has 0 atom stereocenters. The fourth-order valence-electron chi connectivity index (χ4n) is 1.41. The summed E-state index contributed by atoms with van der Waals surface area (Å²) in [6.07, 6.45) is 1.62. The standard InChI is InChI=1S/C13H8Cl4N2/c14-9-3-1-2-8(4-9)7-18-19-13-11(16)5-10(15)6-12(13)17/h1-7,19H/b18-7+. The minimum atomic E-state index is 0.403. The molecule has 0 aromatic heterocycles. The highest BCUT2D eigenvalue weighted by atomic mass is 35.5. The van der Waals surface area contributed by atoms with Crippen LogP contribution in [0.4, 0.5) is 5.69 Å². The number of halogens is 4. The zero-order valence-corrected chi connectivity index (χ0v) is 12.5. The lowest BCUT2D eigenvalue weighted by molar-refractivity contribution is 1.35. The van der Waals surface area contributed by atoms with Gasteiger partial charge in [-0.15, -0.1) is 0 Å². The summed E-state index contributed by atoms with van der Waals surface area (Å²) in [4.78, 5) is 0. The molecule has 0 radical (unpaired) electrons. The summed E-state index contributed by atoms with van der Waals surface area (Å²) < 4.78 is 0. The Balaban J connectivity index is 2.15. The zero-order valence-electron chi connectivity index (χ0n) is 9.50. The first kappa shape index (κ1) is 14.5. The monoisotopic (exact) mass is 332 g/mol. The fourth-order valence-corrected chi connectivity index (χ4v) is 2.51. The number of anilines is 1. The number of nitrogens with one attached hydrogen (secondary N) is 1. The van der Waals surface area contributed by atoms with Gasteiger partial charge in [0.2, 0.25) is 0 Å². The predicted molar refractivity (Wildman–Crippen MR) is 84.1 cm³/mol. The molecule has 1 N–H and O–H groups in total. The maximum Gasteiger partial charge on any atom is 0.0935 e. The van der Waals surface area contributed by atoms with Gasteiger partial charge in [0.05, 0.1) is 21.9 Å². The third-order valence-electron chi connectivity index (χ3n) is 2.25. The summed E-state index contributed by atoms with van der Waals surface area (Å²) in [5.74, 6) is 0. The number of hydrogen-bond acceptors (Lipinski definition) is 2. The molecule has 2 nitrogen and oxygen atoms in total. The van der Waals surface area contributed by atoms with Gasteiger partial charge >= 0.3 is 0 Å². The summed E-state index contributed by atoms with van der Waals surface area (Å²) in [6, 6.07) is 10.5. The van der Waals surface area contributed by atoms with E-state index in [-0.39, 0.29) is 0 Å². The molecule has 0 unspecified atom stereocenters. The number of benzene rings is 2. The van der Waals surface area contributed by atoms with Crippen molar-refractivity contribution in [2.75, 3.05) is 5.43 Å². The van der Waals surface area contributed by atoms with Crippen molar-refractivity contribution in [1.29, 1.82) is 0 Å². The van der Waals surface area contributed by atoms with Gasteiger partial charge in [-0.3, -0.25) is 5.43 Å². The van der Waals surface area contributed by atoms with Crippen LogP contribution in [0.25, 0.3) is 0 Å². The Morgan fingerprint density at radius 3 is 2.21 bits per heavy atom. The van der Waals surface area contributed by atoms with E-state index in [4.69, 9.17) is 46.4 Å². The van der Waals surface area contributed by atoms with Gasteiger partial charge < -0.3 is 0 Å². The Kier molecular flexibility index (Phi) is 4.94. The van der Waals surface area contributed by atoms with E-state index in [9.17, 15) is 0 Å². The average Bonchev–Trinajstić information content (AvgIpc) is 2.32.